The normalized spacial score (nSPS) is 15.5. The molecule has 124 valence electrons. The van der Waals surface area contributed by atoms with Gasteiger partial charge in [-0.1, -0.05) is 0 Å². The van der Waals surface area contributed by atoms with Crippen LogP contribution in [0.1, 0.15) is 31.0 Å². The number of benzene rings is 1. The van der Waals surface area contributed by atoms with Crippen molar-refractivity contribution in [2.45, 2.75) is 39.4 Å². The summed E-state index contributed by atoms with van der Waals surface area (Å²) in [6.45, 7) is 7.33. The molecule has 2 heterocycles. The zero-order chi connectivity index (χ0) is 16.4. The van der Waals surface area contributed by atoms with Crippen LogP contribution in [-0.2, 0) is 6.54 Å². The summed E-state index contributed by atoms with van der Waals surface area (Å²) in [7, 11) is 1.64. The van der Waals surface area contributed by atoms with Crippen molar-refractivity contribution in [3.8, 4) is 17.2 Å². The van der Waals surface area contributed by atoms with Crippen molar-refractivity contribution < 1.29 is 14.2 Å². The summed E-state index contributed by atoms with van der Waals surface area (Å²) in [6, 6.07) is 4.51. The fourth-order valence-corrected chi connectivity index (χ4v) is 2.62. The summed E-state index contributed by atoms with van der Waals surface area (Å²) in [6.07, 6.45) is 3.94. The van der Waals surface area contributed by atoms with Gasteiger partial charge in [-0.05, 0) is 44.0 Å². The highest BCUT2D eigenvalue weighted by Gasteiger charge is 2.21. The Bertz CT molecular complexity index is 684. The fourth-order valence-electron chi connectivity index (χ4n) is 2.62. The van der Waals surface area contributed by atoms with Gasteiger partial charge in [-0.2, -0.15) is 5.10 Å². The molecule has 3 rings (SSSR count). The molecule has 2 aromatic rings. The molecule has 0 fully saturated rings. The van der Waals surface area contributed by atoms with Crippen molar-refractivity contribution in [3.63, 3.8) is 0 Å². The van der Waals surface area contributed by atoms with Gasteiger partial charge in [0.1, 0.15) is 0 Å². The Labute approximate surface area is 136 Å². The number of nitrogens with one attached hydrogen (secondary N) is 1. The first-order valence-corrected chi connectivity index (χ1v) is 7.79. The average molecular weight is 317 g/mol. The van der Waals surface area contributed by atoms with Gasteiger partial charge in [0.15, 0.2) is 11.5 Å². The van der Waals surface area contributed by atoms with Crippen molar-refractivity contribution in [2.75, 3.05) is 13.9 Å². The summed E-state index contributed by atoms with van der Waals surface area (Å²) < 4.78 is 18.3. The van der Waals surface area contributed by atoms with Crippen molar-refractivity contribution in [3.05, 3.63) is 35.7 Å². The first-order valence-electron chi connectivity index (χ1n) is 7.79. The Morgan fingerprint density at radius 1 is 1.35 bits per heavy atom. The largest absolute Gasteiger partial charge is 0.493 e. The third kappa shape index (κ3) is 3.27. The Morgan fingerprint density at radius 2 is 2.17 bits per heavy atom. The highest BCUT2D eigenvalue weighted by molar-refractivity contribution is 5.55. The van der Waals surface area contributed by atoms with E-state index in [4.69, 9.17) is 14.2 Å². The van der Waals surface area contributed by atoms with Crippen LogP contribution in [0.25, 0.3) is 0 Å². The zero-order valence-corrected chi connectivity index (χ0v) is 14.0. The molecule has 1 aliphatic rings. The molecule has 2 atom stereocenters. The molecule has 1 aliphatic heterocycles. The Morgan fingerprint density at radius 3 is 2.87 bits per heavy atom. The second kappa shape index (κ2) is 6.50. The second-order valence-electron chi connectivity index (χ2n) is 5.94. The molecule has 0 bridgehead atoms. The first-order chi connectivity index (χ1) is 11.1. The number of hydrogen-bond acceptors (Lipinski definition) is 5. The molecular weight excluding hydrogens is 294 g/mol. The SMILES string of the molecule is COc1cc(CN[C@@H](C)[C@H](C)n2cc(C)cn2)cc2c1OCO2. The smallest absolute Gasteiger partial charge is 0.231 e. The van der Waals surface area contributed by atoms with Crippen LogP contribution in [-0.4, -0.2) is 29.7 Å². The van der Waals surface area contributed by atoms with Crippen molar-refractivity contribution in [1.82, 2.24) is 15.1 Å². The van der Waals surface area contributed by atoms with Gasteiger partial charge in [0.2, 0.25) is 12.5 Å². The van der Waals surface area contributed by atoms with Gasteiger partial charge in [-0.25, -0.2) is 0 Å². The first kappa shape index (κ1) is 15.7. The van der Waals surface area contributed by atoms with E-state index in [0.717, 1.165) is 17.9 Å². The molecule has 23 heavy (non-hydrogen) atoms. The van der Waals surface area contributed by atoms with Crippen LogP contribution in [0.3, 0.4) is 0 Å². The van der Waals surface area contributed by atoms with E-state index >= 15 is 0 Å². The van der Waals surface area contributed by atoms with Crippen LogP contribution in [0.5, 0.6) is 17.2 Å². The zero-order valence-electron chi connectivity index (χ0n) is 14.0. The monoisotopic (exact) mass is 317 g/mol. The summed E-state index contributed by atoms with van der Waals surface area (Å²) in [5.74, 6) is 2.13. The number of rotatable bonds is 6. The van der Waals surface area contributed by atoms with Gasteiger partial charge in [0.25, 0.3) is 0 Å². The topological polar surface area (TPSA) is 57.5 Å². The molecular formula is C17H23N3O3. The quantitative estimate of drug-likeness (QED) is 0.887. The van der Waals surface area contributed by atoms with Crippen LogP contribution < -0.4 is 19.5 Å². The summed E-state index contributed by atoms with van der Waals surface area (Å²) in [5, 5.41) is 7.92. The van der Waals surface area contributed by atoms with Gasteiger partial charge in [-0.3, -0.25) is 4.68 Å². The van der Waals surface area contributed by atoms with Gasteiger partial charge in [-0.15, -0.1) is 0 Å². The predicted molar refractivity (Wildman–Crippen MR) is 87.1 cm³/mol. The van der Waals surface area contributed by atoms with E-state index in [1.165, 1.54) is 5.56 Å². The molecule has 0 saturated carbocycles. The Hall–Kier alpha value is -2.21. The number of fused-ring (bicyclic) bond motifs is 1. The van der Waals surface area contributed by atoms with Gasteiger partial charge >= 0.3 is 0 Å². The molecule has 0 amide bonds. The van der Waals surface area contributed by atoms with Crippen LogP contribution >= 0.6 is 0 Å². The second-order valence-corrected chi connectivity index (χ2v) is 5.94. The fraction of sp³-hybridized carbons (Fsp3) is 0.471. The minimum absolute atomic E-state index is 0.245. The molecule has 6 nitrogen and oxygen atoms in total. The van der Waals surface area contributed by atoms with E-state index in [0.29, 0.717) is 11.5 Å². The maximum absolute atomic E-state index is 5.46. The lowest BCUT2D eigenvalue weighted by atomic mass is 10.1. The lowest BCUT2D eigenvalue weighted by Crippen LogP contribution is -2.33. The predicted octanol–water partition coefficient (Wildman–Crippen LogP) is 2.67. The number of aromatic nitrogens is 2. The molecule has 1 aromatic heterocycles. The summed E-state index contributed by atoms with van der Waals surface area (Å²) in [5.41, 5.74) is 2.27. The van der Waals surface area contributed by atoms with Crippen LogP contribution in [0.2, 0.25) is 0 Å². The van der Waals surface area contributed by atoms with E-state index in [9.17, 15) is 0 Å². The number of ether oxygens (including phenoxy) is 3. The van der Waals surface area contributed by atoms with Crippen molar-refractivity contribution >= 4 is 0 Å². The lowest BCUT2D eigenvalue weighted by Gasteiger charge is -2.22. The standard InChI is InChI=1S/C17H23N3O3/c1-11-7-19-20(9-11)13(3)12(2)18-8-14-5-15(21-4)17-16(6-14)22-10-23-17/h5-7,9,12-13,18H,8,10H2,1-4H3/t12-,13-/m0/s1. The molecule has 0 aliphatic carbocycles. The molecule has 0 spiro atoms. The number of methoxy groups -OCH3 is 1. The van der Waals surface area contributed by atoms with Gasteiger partial charge in [0.05, 0.1) is 19.3 Å². The number of hydrogen-bond donors (Lipinski definition) is 1. The van der Waals surface area contributed by atoms with Gasteiger partial charge in [0, 0.05) is 18.8 Å². The van der Waals surface area contributed by atoms with Crippen molar-refractivity contribution in [2.24, 2.45) is 0 Å². The van der Waals surface area contributed by atoms with Crippen LogP contribution in [0, 0.1) is 6.92 Å². The maximum Gasteiger partial charge on any atom is 0.231 e. The van der Waals surface area contributed by atoms with Gasteiger partial charge < -0.3 is 19.5 Å². The summed E-state index contributed by atoms with van der Waals surface area (Å²) in [4.78, 5) is 0. The third-order valence-corrected chi connectivity index (χ3v) is 4.22. The van der Waals surface area contributed by atoms with Crippen molar-refractivity contribution in [1.29, 1.82) is 0 Å². The Kier molecular flexibility index (Phi) is 4.43. The molecule has 0 unspecified atom stereocenters. The number of aryl methyl sites for hydroxylation is 1. The highest BCUT2D eigenvalue weighted by Crippen LogP contribution is 2.41. The van der Waals surface area contributed by atoms with E-state index in [-0.39, 0.29) is 18.9 Å². The Balaban J connectivity index is 1.66. The van der Waals surface area contributed by atoms with Crippen LogP contribution in [0.4, 0.5) is 0 Å². The highest BCUT2D eigenvalue weighted by atomic mass is 16.7. The minimum atomic E-state index is 0.245. The molecule has 1 N–H and O–H groups in total. The van der Waals surface area contributed by atoms with E-state index in [1.807, 2.05) is 29.9 Å². The third-order valence-electron chi connectivity index (χ3n) is 4.22. The molecule has 6 heteroatoms. The maximum atomic E-state index is 5.46. The van der Waals surface area contributed by atoms with E-state index in [1.54, 1.807) is 7.11 Å². The summed E-state index contributed by atoms with van der Waals surface area (Å²) >= 11 is 0. The molecule has 0 saturated heterocycles. The molecule has 0 radical (unpaired) electrons. The number of nitrogens with zero attached hydrogens (tertiary/aromatic N) is 2. The minimum Gasteiger partial charge on any atom is -0.493 e. The lowest BCUT2D eigenvalue weighted by molar-refractivity contribution is 0.171. The van der Waals surface area contributed by atoms with E-state index < -0.39 is 0 Å². The van der Waals surface area contributed by atoms with Crippen LogP contribution in [0.15, 0.2) is 24.5 Å². The van der Waals surface area contributed by atoms with E-state index in [2.05, 4.69) is 30.5 Å². The average Bonchev–Trinajstić information content (AvgIpc) is 3.19. The molecule has 1 aromatic carbocycles.